The normalized spacial score (nSPS) is 14.1. The average Bonchev–Trinajstić information content (AvgIpc) is 2.84. The van der Waals surface area contributed by atoms with Crippen molar-refractivity contribution in [1.29, 1.82) is 0 Å². The van der Waals surface area contributed by atoms with Crippen molar-refractivity contribution in [2.24, 2.45) is 0 Å². The predicted octanol–water partition coefficient (Wildman–Crippen LogP) is 5.03. The van der Waals surface area contributed by atoms with E-state index in [1.54, 1.807) is 13.2 Å². The standard InChI is InChI=1S/C27H28FNO4/c1-31-23-7-5-20(6-8-23)18-27(30)29-15-13-26(14-16-29)33-25-11-9-24(10-12-25)32-19-21-3-2-4-22(28)17-21/h2-12,17,26H,13-16,18-19H2,1H3. The summed E-state index contributed by atoms with van der Waals surface area (Å²) < 4.78 is 30.3. The minimum Gasteiger partial charge on any atom is -0.497 e. The number of amides is 1. The Balaban J connectivity index is 1.21. The highest BCUT2D eigenvalue weighted by Gasteiger charge is 2.24. The van der Waals surface area contributed by atoms with E-state index in [9.17, 15) is 9.18 Å². The Hall–Kier alpha value is -3.54. The van der Waals surface area contributed by atoms with Gasteiger partial charge in [0.05, 0.1) is 13.5 Å². The Kier molecular flexibility index (Phi) is 7.45. The van der Waals surface area contributed by atoms with Crippen LogP contribution in [0, 0.1) is 5.82 Å². The number of halogens is 1. The predicted molar refractivity (Wildman–Crippen MR) is 124 cm³/mol. The van der Waals surface area contributed by atoms with E-state index in [0.29, 0.717) is 31.9 Å². The molecule has 6 heteroatoms. The molecule has 33 heavy (non-hydrogen) atoms. The van der Waals surface area contributed by atoms with Crippen LogP contribution in [-0.4, -0.2) is 37.1 Å². The summed E-state index contributed by atoms with van der Waals surface area (Å²) in [5.74, 6) is 2.13. The number of piperidine rings is 1. The fourth-order valence-corrected chi connectivity index (χ4v) is 3.85. The van der Waals surface area contributed by atoms with E-state index in [4.69, 9.17) is 14.2 Å². The van der Waals surface area contributed by atoms with E-state index >= 15 is 0 Å². The van der Waals surface area contributed by atoms with Gasteiger partial charge >= 0.3 is 0 Å². The van der Waals surface area contributed by atoms with Crippen LogP contribution in [0.15, 0.2) is 72.8 Å². The number of methoxy groups -OCH3 is 1. The summed E-state index contributed by atoms with van der Waals surface area (Å²) in [6.07, 6.45) is 2.07. The molecule has 0 aliphatic carbocycles. The Bertz CT molecular complexity index is 1040. The molecule has 0 unspecified atom stereocenters. The van der Waals surface area contributed by atoms with Gasteiger partial charge in [-0.05, 0) is 59.7 Å². The van der Waals surface area contributed by atoms with Crippen molar-refractivity contribution in [3.05, 3.63) is 89.7 Å². The second-order valence-electron chi connectivity index (χ2n) is 8.11. The first-order chi connectivity index (χ1) is 16.1. The van der Waals surface area contributed by atoms with Gasteiger partial charge in [0.15, 0.2) is 0 Å². The van der Waals surface area contributed by atoms with Crippen LogP contribution in [0.25, 0.3) is 0 Å². The van der Waals surface area contributed by atoms with E-state index in [0.717, 1.165) is 35.5 Å². The fraction of sp³-hybridized carbons (Fsp3) is 0.296. The number of hydrogen-bond donors (Lipinski definition) is 0. The average molecular weight is 450 g/mol. The molecule has 0 bridgehead atoms. The van der Waals surface area contributed by atoms with Crippen LogP contribution in [0.2, 0.25) is 0 Å². The first-order valence-electron chi connectivity index (χ1n) is 11.1. The van der Waals surface area contributed by atoms with Crippen LogP contribution < -0.4 is 14.2 Å². The van der Waals surface area contributed by atoms with Crippen molar-refractivity contribution in [2.45, 2.75) is 32.0 Å². The van der Waals surface area contributed by atoms with E-state index in [-0.39, 0.29) is 17.8 Å². The monoisotopic (exact) mass is 449 g/mol. The lowest BCUT2D eigenvalue weighted by molar-refractivity contribution is -0.132. The van der Waals surface area contributed by atoms with Gasteiger partial charge in [-0.2, -0.15) is 0 Å². The molecule has 0 spiro atoms. The first-order valence-corrected chi connectivity index (χ1v) is 11.1. The molecule has 1 aliphatic rings. The molecule has 1 fully saturated rings. The van der Waals surface area contributed by atoms with Gasteiger partial charge in [-0.1, -0.05) is 24.3 Å². The van der Waals surface area contributed by atoms with Gasteiger partial charge in [-0.3, -0.25) is 4.79 Å². The molecular weight excluding hydrogens is 421 g/mol. The fourth-order valence-electron chi connectivity index (χ4n) is 3.85. The van der Waals surface area contributed by atoms with Crippen LogP contribution in [0.4, 0.5) is 4.39 Å². The molecule has 5 nitrogen and oxygen atoms in total. The number of carbonyl (C=O) groups excluding carboxylic acids is 1. The lowest BCUT2D eigenvalue weighted by Crippen LogP contribution is -2.42. The van der Waals surface area contributed by atoms with Gasteiger partial charge in [-0.25, -0.2) is 4.39 Å². The third-order valence-electron chi connectivity index (χ3n) is 5.73. The molecule has 1 aliphatic heterocycles. The molecule has 0 aromatic heterocycles. The summed E-state index contributed by atoms with van der Waals surface area (Å²) in [5.41, 5.74) is 1.77. The zero-order chi connectivity index (χ0) is 23.0. The molecule has 1 heterocycles. The van der Waals surface area contributed by atoms with Crippen molar-refractivity contribution in [2.75, 3.05) is 20.2 Å². The van der Waals surface area contributed by atoms with Crippen LogP contribution >= 0.6 is 0 Å². The van der Waals surface area contributed by atoms with Crippen molar-refractivity contribution >= 4 is 5.91 Å². The van der Waals surface area contributed by atoms with Crippen LogP contribution in [0.3, 0.4) is 0 Å². The van der Waals surface area contributed by atoms with Gasteiger partial charge in [-0.15, -0.1) is 0 Å². The molecule has 3 aromatic rings. The largest absolute Gasteiger partial charge is 0.497 e. The molecule has 0 radical (unpaired) electrons. The van der Waals surface area contributed by atoms with Crippen molar-refractivity contribution < 1.29 is 23.4 Å². The molecule has 0 saturated carbocycles. The van der Waals surface area contributed by atoms with Gasteiger partial charge < -0.3 is 19.1 Å². The maximum atomic E-state index is 13.3. The molecular formula is C27H28FNO4. The van der Waals surface area contributed by atoms with Gasteiger partial charge in [0.1, 0.15) is 35.8 Å². The quantitative estimate of drug-likeness (QED) is 0.484. The Labute approximate surface area is 193 Å². The van der Waals surface area contributed by atoms with E-state index in [2.05, 4.69) is 0 Å². The summed E-state index contributed by atoms with van der Waals surface area (Å²) in [4.78, 5) is 14.5. The Morgan fingerprint density at radius 3 is 2.24 bits per heavy atom. The summed E-state index contributed by atoms with van der Waals surface area (Å²) >= 11 is 0. The number of benzene rings is 3. The molecule has 172 valence electrons. The zero-order valence-corrected chi connectivity index (χ0v) is 18.7. The van der Waals surface area contributed by atoms with Gasteiger partial charge in [0.25, 0.3) is 0 Å². The van der Waals surface area contributed by atoms with E-state index in [1.165, 1.54) is 12.1 Å². The maximum Gasteiger partial charge on any atom is 0.226 e. The molecule has 3 aromatic carbocycles. The minimum absolute atomic E-state index is 0.0779. The number of ether oxygens (including phenoxy) is 3. The Morgan fingerprint density at radius 2 is 1.58 bits per heavy atom. The van der Waals surface area contributed by atoms with Crippen LogP contribution in [0.5, 0.6) is 17.2 Å². The molecule has 0 N–H and O–H groups in total. The topological polar surface area (TPSA) is 48.0 Å². The molecule has 4 rings (SSSR count). The second kappa shape index (κ2) is 10.9. The van der Waals surface area contributed by atoms with Gasteiger partial charge in [0.2, 0.25) is 5.91 Å². The number of rotatable bonds is 8. The molecule has 1 amide bonds. The maximum absolute atomic E-state index is 13.3. The second-order valence-corrected chi connectivity index (χ2v) is 8.11. The highest BCUT2D eigenvalue weighted by atomic mass is 19.1. The SMILES string of the molecule is COc1ccc(CC(=O)N2CCC(Oc3ccc(OCc4cccc(F)c4)cc3)CC2)cc1. The van der Waals surface area contributed by atoms with Crippen molar-refractivity contribution in [3.63, 3.8) is 0 Å². The minimum atomic E-state index is -0.270. The first kappa shape index (κ1) is 22.6. The van der Waals surface area contributed by atoms with Gasteiger partial charge in [0, 0.05) is 25.9 Å². The zero-order valence-electron chi connectivity index (χ0n) is 18.7. The third kappa shape index (κ3) is 6.48. The number of hydrogen-bond acceptors (Lipinski definition) is 4. The van der Waals surface area contributed by atoms with E-state index in [1.807, 2.05) is 59.5 Å². The highest BCUT2D eigenvalue weighted by molar-refractivity contribution is 5.78. The molecule has 1 saturated heterocycles. The molecule has 0 atom stereocenters. The lowest BCUT2D eigenvalue weighted by Gasteiger charge is -2.32. The Morgan fingerprint density at radius 1 is 0.909 bits per heavy atom. The third-order valence-corrected chi connectivity index (χ3v) is 5.73. The van der Waals surface area contributed by atoms with Crippen LogP contribution in [-0.2, 0) is 17.8 Å². The van der Waals surface area contributed by atoms with Crippen molar-refractivity contribution in [3.8, 4) is 17.2 Å². The summed E-state index contributed by atoms with van der Waals surface area (Å²) in [7, 11) is 1.63. The van der Waals surface area contributed by atoms with Crippen LogP contribution in [0.1, 0.15) is 24.0 Å². The smallest absolute Gasteiger partial charge is 0.226 e. The summed E-state index contributed by atoms with van der Waals surface area (Å²) in [6, 6.07) is 21.4. The summed E-state index contributed by atoms with van der Waals surface area (Å²) in [6.45, 7) is 1.68. The lowest BCUT2D eigenvalue weighted by atomic mass is 10.1. The number of likely N-dealkylation sites (tertiary alicyclic amines) is 1. The van der Waals surface area contributed by atoms with Crippen molar-refractivity contribution in [1.82, 2.24) is 4.90 Å². The highest BCUT2D eigenvalue weighted by Crippen LogP contribution is 2.23. The van der Waals surface area contributed by atoms with E-state index < -0.39 is 0 Å². The summed E-state index contributed by atoms with van der Waals surface area (Å²) in [5, 5.41) is 0. The number of nitrogens with zero attached hydrogens (tertiary/aromatic N) is 1. The number of carbonyl (C=O) groups is 1.